The van der Waals surface area contributed by atoms with Gasteiger partial charge in [-0.15, -0.1) is 6.58 Å². The van der Waals surface area contributed by atoms with Gasteiger partial charge in [0.25, 0.3) is 0 Å². The average Bonchev–Trinajstić information content (AvgIpc) is 2.28. The molecule has 0 aliphatic rings. The maximum atomic E-state index is 5.58. The molecule has 0 saturated heterocycles. The van der Waals surface area contributed by atoms with Crippen molar-refractivity contribution in [1.29, 1.82) is 0 Å². The second-order valence-electron chi connectivity index (χ2n) is 4.17. The number of hydrogen-bond donors (Lipinski definition) is 1. The Morgan fingerprint density at radius 2 is 2.31 bits per heavy atom. The second-order valence-corrected chi connectivity index (χ2v) is 4.17. The van der Waals surface area contributed by atoms with Crippen molar-refractivity contribution < 1.29 is 0 Å². The van der Waals surface area contributed by atoms with Crippen molar-refractivity contribution in [3.63, 3.8) is 0 Å². The van der Waals surface area contributed by atoms with Gasteiger partial charge in [0.2, 0.25) is 0 Å². The first-order chi connectivity index (χ1) is 7.67. The summed E-state index contributed by atoms with van der Waals surface area (Å²) in [6.07, 6.45) is 3.76. The lowest BCUT2D eigenvalue weighted by molar-refractivity contribution is 0.237. The number of hydrogen-bond acceptors (Lipinski definition) is 3. The topological polar surface area (TPSA) is 42.2 Å². The van der Waals surface area contributed by atoms with E-state index in [0.717, 1.165) is 18.8 Å². The summed E-state index contributed by atoms with van der Waals surface area (Å²) in [6, 6.07) is 4.61. The van der Waals surface area contributed by atoms with E-state index < -0.39 is 0 Å². The van der Waals surface area contributed by atoms with Crippen molar-refractivity contribution in [1.82, 2.24) is 9.88 Å². The molecule has 0 atom stereocenters. The van der Waals surface area contributed by atoms with E-state index in [1.807, 2.05) is 18.3 Å². The van der Waals surface area contributed by atoms with Gasteiger partial charge in [0.05, 0.1) is 5.69 Å². The highest BCUT2D eigenvalue weighted by atomic mass is 15.1. The van der Waals surface area contributed by atoms with Gasteiger partial charge in [0.15, 0.2) is 0 Å². The van der Waals surface area contributed by atoms with Gasteiger partial charge in [-0.25, -0.2) is 0 Å². The lowest BCUT2D eigenvalue weighted by Crippen LogP contribution is -2.30. The smallest absolute Gasteiger partial charge is 0.0542 e. The molecule has 0 fully saturated rings. The summed E-state index contributed by atoms with van der Waals surface area (Å²) in [4.78, 5) is 6.54. The number of aromatic nitrogens is 1. The Balaban J connectivity index is 2.72. The Morgan fingerprint density at radius 1 is 1.56 bits per heavy atom. The highest BCUT2D eigenvalue weighted by Crippen LogP contribution is 2.08. The second kappa shape index (κ2) is 6.40. The third kappa shape index (κ3) is 3.76. The van der Waals surface area contributed by atoms with Gasteiger partial charge in [-0.1, -0.05) is 6.08 Å². The fraction of sp³-hybridized carbons (Fsp3) is 0.462. The van der Waals surface area contributed by atoms with E-state index in [0.29, 0.717) is 12.6 Å². The SMILES string of the molecule is C=CCN(Cc1ccnc(CN)c1)C(C)C. The Hall–Kier alpha value is -1.19. The van der Waals surface area contributed by atoms with Crippen LogP contribution in [0.1, 0.15) is 25.1 Å². The van der Waals surface area contributed by atoms with Gasteiger partial charge in [-0.05, 0) is 31.5 Å². The molecule has 0 spiro atoms. The van der Waals surface area contributed by atoms with Crippen molar-refractivity contribution in [3.05, 3.63) is 42.2 Å². The normalized spacial score (nSPS) is 11.1. The Bertz CT molecular complexity index is 334. The third-order valence-corrected chi connectivity index (χ3v) is 2.57. The number of rotatable bonds is 6. The predicted molar refractivity (Wildman–Crippen MR) is 67.9 cm³/mol. The molecule has 0 amide bonds. The minimum Gasteiger partial charge on any atom is -0.325 e. The Kier molecular flexibility index (Phi) is 5.15. The molecule has 0 aliphatic carbocycles. The molecule has 1 heterocycles. The summed E-state index contributed by atoms with van der Waals surface area (Å²) in [6.45, 7) is 10.5. The molecule has 0 aromatic carbocycles. The van der Waals surface area contributed by atoms with Crippen LogP contribution in [0.4, 0.5) is 0 Å². The van der Waals surface area contributed by atoms with E-state index in [9.17, 15) is 0 Å². The number of pyridine rings is 1. The largest absolute Gasteiger partial charge is 0.325 e. The standard InChI is InChI=1S/C13H21N3/c1-4-7-16(11(2)3)10-12-5-6-15-13(8-12)9-14/h4-6,8,11H,1,7,9-10,14H2,2-3H3. The summed E-state index contributed by atoms with van der Waals surface area (Å²) in [5, 5.41) is 0. The molecule has 3 heteroatoms. The fourth-order valence-electron chi connectivity index (χ4n) is 1.60. The van der Waals surface area contributed by atoms with Crippen molar-refractivity contribution in [2.45, 2.75) is 33.0 Å². The van der Waals surface area contributed by atoms with E-state index in [4.69, 9.17) is 5.73 Å². The zero-order chi connectivity index (χ0) is 12.0. The molecule has 0 radical (unpaired) electrons. The maximum absolute atomic E-state index is 5.58. The number of nitrogens with zero attached hydrogens (tertiary/aromatic N) is 2. The van der Waals surface area contributed by atoms with Crippen LogP contribution in [-0.2, 0) is 13.1 Å². The molecule has 0 saturated carbocycles. The number of nitrogens with two attached hydrogens (primary N) is 1. The van der Waals surface area contributed by atoms with Crippen LogP contribution in [0.15, 0.2) is 31.0 Å². The molecule has 1 aromatic rings. The summed E-state index contributed by atoms with van der Waals surface area (Å²) in [5.74, 6) is 0. The molecule has 0 unspecified atom stereocenters. The monoisotopic (exact) mass is 219 g/mol. The van der Waals surface area contributed by atoms with Crippen LogP contribution in [0, 0.1) is 0 Å². The quantitative estimate of drug-likeness (QED) is 0.743. The van der Waals surface area contributed by atoms with Crippen LogP contribution in [0.25, 0.3) is 0 Å². The molecule has 3 nitrogen and oxygen atoms in total. The maximum Gasteiger partial charge on any atom is 0.0542 e. The zero-order valence-electron chi connectivity index (χ0n) is 10.2. The van der Waals surface area contributed by atoms with E-state index in [1.165, 1.54) is 5.56 Å². The van der Waals surface area contributed by atoms with Crippen LogP contribution in [0.3, 0.4) is 0 Å². The van der Waals surface area contributed by atoms with Gasteiger partial charge in [0.1, 0.15) is 0 Å². The van der Waals surface area contributed by atoms with Gasteiger partial charge in [-0.2, -0.15) is 0 Å². The van der Waals surface area contributed by atoms with Crippen LogP contribution in [0.2, 0.25) is 0 Å². The third-order valence-electron chi connectivity index (χ3n) is 2.57. The summed E-state index contributed by atoms with van der Waals surface area (Å²) in [5.41, 5.74) is 7.78. The van der Waals surface area contributed by atoms with Crippen LogP contribution >= 0.6 is 0 Å². The first-order valence-electron chi connectivity index (χ1n) is 5.66. The van der Waals surface area contributed by atoms with Crippen molar-refractivity contribution in [2.24, 2.45) is 5.73 Å². The van der Waals surface area contributed by atoms with Gasteiger partial charge >= 0.3 is 0 Å². The Morgan fingerprint density at radius 3 is 2.88 bits per heavy atom. The molecule has 16 heavy (non-hydrogen) atoms. The molecular weight excluding hydrogens is 198 g/mol. The molecule has 1 rings (SSSR count). The highest BCUT2D eigenvalue weighted by molar-refractivity contribution is 5.16. The average molecular weight is 219 g/mol. The van der Waals surface area contributed by atoms with Crippen molar-refractivity contribution in [3.8, 4) is 0 Å². The molecule has 0 aliphatic heterocycles. The van der Waals surface area contributed by atoms with Crippen molar-refractivity contribution in [2.75, 3.05) is 6.54 Å². The van der Waals surface area contributed by atoms with Crippen LogP contribution < -0.4 is 5.73 Å². The van der Waals surface area contributed by atoms with Gasteiger partial charge < -0.3 is 5.73 Å². The van der Waals surface area contributed by atoms with Crippen LogP contribution in [-0.4, -0.2) is 22.5 Å². The van der Waals surface area contributed by atoms with E-state index in [2.05, 4.69) is 36.4 Å². The van der Waals surface area contributed by atoms with E-state index in [1.54, 1.807) is 0 Å². The lowest BCUT2D eigenvalue weighted by Gasteiger charge is -2.25. The molecule has 1 aromatic heterocycles. The predicted octanol–water partition coefficient (Wildman–Crippen LogP) is 1.94. The molecule has 0 bridgehead atoms. The van der Waals surface area contributed by atoms with E-state index in [-0.39, 0.29) is 0 Å². The van der Waals surface area contributed by atoms with Gasteiger partial charge in [0, 0.05) is 31.9 Å². The first-order valence-corrected chi connectivity index (χ1v) is 5.66. The molecule has 88 valence electrons. The molecular formula is C13H21N3. The molecule has 2 N–H and O–H groups in total. The summed E-state index contributed by atoms with van der Waals surface area (Å²) in [7, 11) is 0. The van der Waals surface area contributed by atoms with E-state index >= 15 is 0 Å². The minimum absolute atomic E-state index is 0.497. The van der Waals surface area contributed by atoms with Crippen LogP contribution in [0.5, 0.6) is 0 Å². The lowest BCUT2D eigenvalue weighted by atomic mass is 10.2. The van der Waals surface area contributed by atoms with Gasteiger partial charge in [-0.3, -0.25) is 9.88 Å². The zero-order valence-corrected chi connectivity index (χ0v) is 10.2. The summed E-state index contributed by atoms with van der Waals surface area (Å²) >= 11 is 0. The highest BCUT2D eigenvalue weighted by Gasteiger charge is 2.08. The first kappa shape index (κ1) is 12.9. The Labute approximate surface area is 98.0 Å². The summed E-state index contributed by atoms with van der Waals surface area (Å²) < 4.78 is 0. The minimum atomic E-state index is 0.497. The van der Waals surface area contributed by atoms with Crippen molar-refractivity contribution >= 4 is 0 Å². The fourth-order valence-corrected chi connectivity index (χ4v) is 1.60.